The molecule has 0 bridgehead atoms. The summed E-state index contributed by atoms with van der Waals surface area (Å²) in [7, 11) is 0. The maximum Gasteiger partial charge on any atom is 0.141 e. The molecule has 0 amide bonds. The van der Waals surface area contributed by atoms with E-state index >= 15 is 0 Å². The summed E-state index contributed by atoms with van der Waals surface area (Å²) >= 11 is 6.19. The monoisotopic (exact) mass is 382 g/mol. The predicted molar refractivity (Wildman–Crippen MR) is 115 cm³/mol. The van der Waals surface area contributed by atoms with E-state index in [1.807, 2.05) is 72.8 Å². The molecule has 0 saturated carbocycles. The number of fused-ring (bicyclic) bond motifs is 2. The van der Waals surface area contributed by atoms with Gasteiger partial charge in [-0.05, 0) is 36.4 Å². The van der Waals surface area contributed by atoms with E-state index in [1.165, 1.54) is 0 Å². The smallest absolute Gasteiger partial charge is 0.141 e. The minimum atomic E-state index is 0.684. The molecule has 134 valence electrons. The second-order valence-corrected chi connectivity index (χ2v) is 6.88. The van der Waals surface area contributed by atoms with E-state index in [0.29, 0.717) is 5.02 Å². The van der Waals surface area contributed by atoms with Gasteiger partial charge in [0.15, 0.2) is 0 Å². The highest BCUT2D eigenvalue weighted by atomic mass is 35.5. The van der Waals surface area contributed by atoms with Crippen LogP contribution in [0.2, 0.25) is 5.02 Å². The maximum absolute atomic E-state index is 6.19. The molecule has 0 spiro atoms. The van der Waals surface area contributed by atoms with E-state index in [-0.39, 0.29) is 0 Å². The average molecular weight is 383 g/mol. The molecule has 0 saturated heterocycles. The Bertz CT molecular complexity index is 1310. The highest BCUT2D eigenvalue weighted by Crippen LogP contribution is 2.32. The van der Waals surface area contributed by atoms with Crippen LogP contribution in [0.4, 0.5) is 11.5 Å². The standard InChI is InChI=1S/C23H15ClN4/c24-16-7-5-6-15(12-16)21-13-22(17-8-1-4-11-20(17)27-21)28-23-18-9-2-3-10-19(18)25-14-26-23/h1-14H,(H,25,26,27,28). The molecule has 5 heteroatoms. The van der Waals surface area contributed by atoms with Crippen LogP contribution in [0.5, 0.6) is 0 Å². The molecule has 0 aliphatic rings. The van der Waals surface area contributed by atoms with Crippen LogP contribution in [0.15, 0.2) is 85.2 Å². The topological polar surface area (TPSA) is 50.7 Å². The fourth-order valence-electron chi connectivity index (χ4n) is 3.31. The normalized spacial score (nSPS) is 11.0. The third-order valence-electron chi connectivity index (χ3n) is 4.63. The minimum Gasteiger partial charge on any atom is -0.339 e. The number of anilines is 2. The molecule has 1 N–H and O–H groups in total. The molecule has 4 nitrogen and oxygen atoms in total. The van der Waals surface area contributed by atoms with Crippen molar-refractivity contribution < 1.29 is 0 Å². The SMILES string of the molecule is Clc1cccc(-c2cc(Nc3ncnc4ccccc34)c3ccccc3n2)c1. The van der Waals surface area contributed by atoms with Crippen LogP contribution in [-0.4, -0.2) is 15.0 Å². The summed E-state index contributed by atoms with van der Waals surface area (Å²) in [6, 6.07) is 25.7. The lowest BCUT2D eigenvalue weighted by molar-refractivity contribution is 1.22. The summed E-state index contributed by atoms with van der Waals surface area (Å²) in [5.74, 6) is 0.763. The molecule has 5 rings (SSSR count). The molecule has 2 aromatic heterocycles. The van der Waals surface area contributed by atoms with Gasteiger partial charge in [-0.25, -0.2) is 15.0 Å². The summed E-state index contributed by atoms with van der Waals surface area (Å²) in [4.78, 5) is 13.6. The summed E-state index contributed by atoms with van der Waals surface area (Å²) in [6.07, 6.45) is 1.58. The number of nitrogens with zero attached hydrogens (tertiary/aromatic N) is 3. The van der Waals surface area contributed by atoms with Crippen LogP contribution in [0.25, 0.3) is 33.1 Å². The zero-order chi connectivity index (χ0) is 18.9. The van der Waals surface area contributed by atoms with Crippen LogP contribution >= 0.6 is 11.6 Å². The van der Waals surface area contributed by atoms with Gasteiger partial charge in [0.25, 0.3) is 0 Å². The van der Waals surface area contributed by atoms with Gasteiger partial charge in [0.05, 0.1) is 22.4 Å². The molecule has 0 aliphatic heterocycles. The third-order valence-corrected chi connectivity index (χ3v) is 4.87. The molecule has 3 aromatic carbocycles. The molecule has 5 aromatic rings. The van der Waals surface area contributed by atoms with Gasteiger partial charge < -0.3 is 5.32 Å². The van der Waals surface area contributed by atoms with E-state index in [4.69, 9.17) is 16.6 Å². The summed E-state index contributed by atoms with van der Waals surface area (Å²) in [5, 5.41) is 6.17. The number of aromatic nitrogens is 3. The van der Waals surface area contributed by atoms with Gasteiger partial charge in [0.2, 0.25) is 0 Å². The first kappa shape index (κ1) is 16.7. The van der Waals surface area contributed by atoms with Gasteiger partial charge in [-0.1, -0.05) is 54.1 Å². The van der Waals surface area contributed by atoms with E-state index < -0.39 is 0 Å². The number of nitrogens with one attached hydrogen (secondary N) is 1. The van der Waals surface area contributed by atoms with Gasteiger partial charge in [0.1, 0.15) is 12.1 Å². The third kappa shape index (κ3) is 3.04. The molecule has 0 unspecified atom stereocenters. The number of para-hydroxylation sites is 2. The van der Waals surface area contributed by atoms with E-state index in [9.17, 15) is 0 Å². The van der Waals surface area contributed by atoms with Gasteiger partial charge in [0, 0.05) is 21.4 Å². The van der Waals surface area contributed by atoms with E-state index in [1.54, 1.807) is 6.33 Å². The molecule has 0 atom stereocenters. The first-order chi connectivity index (χ1) is 13.8. The molecular formula is C23H15ClN4. The lowest BCUT2D eigenvalue weighted by Crippen LogP contribution is -1.98. The lowest BCUT2D eigenvalue weighted by atomic mass is 10.1. The fourth-order valence-corrected chi connectivity index (χ4v) is 3.50. The fraction of sp³-hybridized carbons (Fsp3) is 0. The number of halogens is 1. The van der Waals surface area contributed by atoms with Crippen molar-refractivity contribution >= 4 is 44.9 Å². The zero-order valence-electron chi connectivity index (χ0n) is 14.8. The Morgan fingerprint density at radius 2 is 1.50 bits per heavy atom. The van der Waals surface area contributed by atoms with Crippen molar-refractivity contribution in [1.29, 1.82) is 0 Å². The van der Waals surface area contributed by atoms with Crippen LogP contribution in [-0.2, 0) is 0 Å². The van der Waals surface area contributed by atoms with Gasteiger partial charge in [-0.3, -0.25) is 0 Å². The van der Waals surface area contributed by atoms with Crippen molar-refractivity contribution in [2.24, 2.45) is 0 Å². The first-order valence-electron chi connectivity index (χ1n) is 8.90. The van der Waals surface area contributed by atoms with Crippen molar-refractivity contribution in [3.05, 3.63) is 90.2 Å². The van der Waals surface area contributed by atoms with Gasteiger partial charge in [-0.2, -0.15) is 0 Å². The highest BCUT2D eigenvalue weighted by molar-refractivity contribution is 6.30. The van der Waals surface area contributed by atoms with Crippen LogP contribution in [0.3, 0.4) is 0 Å². The molecule has 0 radical (unpaired) electrons. The van der Waals surface area contributed by atoms with Crippen LogP contribution in [0.1, 0.15) is 0 Å². The van der Waals surface area contributed by atoms with E-state index in [0.717, 1.165) is 44.6 Å². The largest absolute Gasteiger partial charge is 0.339 e. The Labute approximate surface area is 166 Å². The second kappa shape index (κ2) is 6.91. The molecule has 0 aliphatic carbocycles. The van der Waals surface area contributed by atoms with Crippen molar-refractivity contribution in [2.75, 3.05) is 5.32 Å². The zero-order valence-corrected chi connectivity index (χ0v) is 15.6. The first-order valence-corrected chi connectivity index (χ1v) is 9.28. The molecule has 0 fully saturated rings. The summed E-state index contributed by atoms with van der Waals surface area (Å²) in [5.41, 5.74) is 4.55. The number of benzene rings is 3. The molecule has 2 heterocycles. The van der Waals surface area contributed by atoms with Crippen molar-refractivity contribution in [1.82, 2.24) is 15.0 Å². The number of pyridine rings is 1. The summed E-state index contributed by atoms with van der Waals surface area (Å²) in [6.45, 7) is 0. The van der Waals surface area contributed by atoms with Crippen molar-refractivity contribution in [3.8, 4) is 11.3 Å². The Morgan fingerprint density at radius 1 is 0.714 bits per heavy atom. The molecular weight excluding hydrogens is 368 g/mol. The average Bonchev–Trinajstić information content (AvgIpc) is 2.74. The minimum absolute atomic E-state index is 0.684. The van der Waals surface area contributed by atoms with Crippen molar-refractivity contribution in [2.45, 2.75) is 0 Å². The Morgan fingerprint density at radius 3 is 2.36 bits per heavy atom. The Hall–Kier alpha value is -3.50. The molecule has 28 heavy (non-hydrogen) atoms. The number of hydrogen-bond donors (Lipinski definition) is 1. The van der Waals surface area contributed by atoms with Crippen LogP contribution in [0, 0.1) is 0 Å². The van der Waals surface area contributed by atoms with Gasteiger partial charge >= 0.3 is 0 Å². The van der Waals surface area contributed by atoms with Crippen LogP contribution < -0.4 is 5.32 Å². The lowest BCUT2D eigenvalue weighted by Gasteiger charge is -2.13. The summed E-state index contributed by atoms with van der Waals surface area (Å²) < 4.78 is 0. The van der Waals surface area contributed by atoms with E-state index in [2.05, 4.69) is 21.4 Å². The quantitative estimate of drug-likeness (QED) is 0.401. The van der Waals surface area contributed by atoms with Crippen molar-refractivity contribution in [3.63, 3.8) is 0 Å². The highest BCUT2D eigenvalue weighted by Gasteiger charge is 2.10. The number of hydrogen-bond acceptors (Lipinski definition) is 4. The number of rotatable bonds is 3. The van der Waals surface area contributed by atoms with Gasteiger partial charge in [-0.15, -0.1) is 0 Å². The Kier molecular flexibility index (Phi) is 4.11. The maximum atomic E-state index is 6.19. The Balaban J connectivity index is 1.70. The predicted octanol–water partition coefficient (Wildman–Crippen LogP) is 6.24. The second-order valence-electron chi connectivity index (χ2n) is 6.45.